The van der Waals surface area contributed by atoms with E-state index in [4.69, 9.17) is 16.3 Å². The number of nitrogens with zero attached hydrogens (tertiary/aromatic N) is 2. The molecule has 1 atom stereocenters. The van der Waals surface area contributed by atoms with Crippen molar-refractivity contribution >= 4 is 11.6 Å². The predicted molar refractivity (Wildman–Crippen MR) is 128 cm³/mol. The highest BCUT2D eigenvalue weighted by atomic mass is 35.5. The Balaban J connectivity index is 1.17. The Hall–Kier alpha value is -1.33. The van der Waals surface area contributed by atoms with Gasteiger partial charge in [-0.3, -0.25) is 4.90 Å². The highest BCUT2D eigenvalue weighted by molar-refractivity contribution is 6.22. The van der Waals surface area contributed by atoms with Crippen molar-refractivity contribution < 1.29 is 9.84 Å². The Morgan fingerprint density at radius 1 is 1.00 bits per heavy atom. The molecule has 0 amide bonds. The maximum Gasteiger partial charge on any atom is 0.119 e. The van der Waals surface area contributed by atoms with Gasteiger partial charge in [0.25, 0.3) is 0 Å². The van der Waals surface area contributed by atoms with Gasteiger partial charge in [0.05, 0.1) is 17.6 Å². The molecule has 2 heterocycles. The number of hydrogen-bond donors (Lipinski definition) is 1. The second kappa shape index (κ2) is 11.0. The van der Waals surface area contributed by atoms with Crippen molar-refractivity contribution in [3.8, 4) is 5.75 Å². The molecule has 0 spiro atoms. The number of hydrogen-bond acceptors (Lipinski definition) is 4. The first kappa shape index (κ1) is 22.8. The van der Waals surface area contributed by atoms with E-state index in [0.29, 0.717) is 0 Å². The SMILES string of the molecule is OC1(C2=CCC(Cl)C=C2)CCN(Cc2ccc(OCCCN3CCCCC3)cc2)CC1. The molecule has 3 aliphatic rings. The van der Waals surface area contributed by atoms with Gasteiger partial charge < -0.3 is 14.7 Å². The van der Waals surface area contributed by atoms with E-state index in [1.54, 1.807) is 0 Å². The number of allylic oxidation sites excluding steroid dienone is 2. The van der Waals surface area contributed by atoms with Crippen LogP contribution in [-0.4, -0.2) is 65.2 Å². The lowest BCUT2D eigenvalue weighted by molar-refractivity contribution is 0.00953. The molecule has 31 heavy (non-hydrogen) atoms. The van der Waals surface area contributed by atoms with Crippen LogP contribution in [0.25, 0.3) is 0 Å². The van der Waals surface area contributed by atoms with Crippen LogP contribution in [0.1, 0.15) is 50.5 Å². The van der Waals surface area contributed by atoms with Crippen LogP contribution in [-0.2, 0) is 6.54 Å². The molecule has 1 aromatic carbocycles. The lowest BCUT2D eigenvalue weighted by atomic mass is 9.81. The molecule has 1 aromatic rings. The number of halogens is 1. The zero-order valence-electron chi connectivity index (χ0n) is 18.6. The summed E-state index contributed by atoms with van der Waals surface area (Å²) in [6.07, 6.45) is 13.7. The van der Waals surface area contributed by atoms with Gasteiger partial charge in [-0.25, -0.2) is 0 Å². The van der Waals surface area contributed by atoms with Crippen molar-refractivity contribution in [1.82, 2.24) is 9.80 Å². The topological polar surface area (TPSA) is 35.9 Å². The monoisotopic (exact) mass is 444 g/mol. The van der Waals surface area contributed by atoms with Crippen LogP contribution in [0.4, 0.5) is 0 Å². The molecular formula is C26H37ClN2O2. The van der Waals surface area contributed by atoms with E-state index in [1.807, 2.05) is 12.2 Å². The molecule has 1 unspecified atom stereocenters. The van der Waals surface area contributed by atoms with Gasteiger partial charge in [-0.15, -0.1) is 11.6 Å². The summed E-state index contributed by atoms with van der Waals surface area (Å²) in [6, 6.07) is 8.54. The van der Waals surface area contributed by atoms with Crippen LogP contribution in [0.3, 0.4) is 0 Å². The third-order valence-corrected chi connectivity index (χ3v) is 7.26. The molecule has 5 heteroatoms. The lowest BCUT2D eigenvalue weighted by Gasteiger charge is -2.39. The van der Waals surface area contributed by atoms with Crippen LogP contribution in [0, 0.1) is 0 Å². The van der Waals surface area contributed by atoms with Crippen molar-refractivity contribution in [2.45, 2.75) is 62.5 Å². The Labute approximate surface area is 192 Å². The van der Waals surface area contributed by atoms with Gasteiger partial charge in [0.1, 0.15) is 5.75 Å². The molecule has 170 valence electrons. The molecule has 0 aromatic heterocycles. The van der Waals surface area contributed by atoms with Crippen LogP contribution in [0.2, 0.25) is 0 Å². The van der Waals surface area contributed by atoms with Gasteiger partial charge >= 0.3 is 0 Å². The summed E-state index contributed by atoms with van der Waals surface area (Å²) in [4.78, 5) is 4.99. The average Bonchev–Trinajstić information content (AvgIpc) is 2.80. The van der Waals surface area contributed by atoms with E-state index in [1.165, 1.54) is 37.9 Å². The summed E-state index contributed by atoms with van der Waals surface area (Å²) in [5.41, 5.74) is 1.65. The molecule has 0 bridgehead atoms. The molecule has 4 nitrogen and oxygen atoms in total. The van der Waals surface area contributed by atoms with Crippen LogP contribution >= 0.6 is 11.6 Å². The minimum atomic E-state index is -0.698. The fourth-order valence-electron chi connectivity index (χ4n) is 4.92. The molecule has 0 saturated carbocycles. The molecular weight excluding hydrogens is 408 g/mol. The first-order chi connectivity index (χ1) is 15.1. The first-order valence-electron chi connectivity index (χ1n) is 12.0. The molecule has 1 aliphatic carbocycles. The van der Waals surface area contributed by atoms with Crippen molar-refractivity contribution in [3.05, 3.63) is 53.6 Å². The fourth-order valence-corrected chi connectivity index (χ4v) is 5.08. The zero-order valence-corrected chi connectivity index (χ0v) is 19.4. The average molecular weight is 445 g/mol. The molecule has 0 radical (unpaired) electrons. The zero-order chi connectivity index (χ0) is 21.5. The number of likely N-dealkylation sites (tertiary alicyclic amines) is 2. The maximum absolute atomic E-state index is 11.1. The number of rotatable bonds is 8. The van der Waals surface area contributed by atoms with Gasteiger partial charge in [-0.1, -0.05) is 36.8 Å². The summed E-state index contributed by atoms with van der Waals surface area (Å²) in [5, 5.41) is 11.1. The van der Waals surface area contributed by atoms with Gasteiger partial charge in [-0.2, -0.15) is 0 Å². The Kier molecular flexibility index (Phi) is 8.11. The van der Waals surface area contributed by atoms with Gasteiger partial charge in [0.15, 0.2) is 0 Å². The number of piperidine rings is 2. The minimum absolute atomic E-state index is 0.0639. The normalized spacial score (nSPS) is 24.7. The standard InChI is InChI=1S/C26H37ClN2O2/c27-24-9-7-23(8-10-24)26(30)13-18-29(19-14-26)21-22-5-11-25(12-6-22)31-20-4-17-28-15-2-1-3-16-28/h5-9,11-12,24,30H,1-4,10,13-21H2. The second-order valence-corrected chi connectivity index (χ2v) is 9.89. The molecule has 2 aliphatic heterocycles. The van der Waals surface area contributed by atoms with Crippen molar-refractivity contribution in [2.24, 2.45) is 0 Å². The molecule has 4 rings (SSSR count). The summed E-state index contributed by atoms with van der Waals surface area (Å²) >= 11 is 6.13. The van der Waals surface area contributed by atoms with Crippen LogP contribution in [0.5, 0.6) is 5.75 Å². The van der Waals surface area contributed by atoms with E-state index in [0.717, 1.165) is 69.8 Å². The van der Waals surface area contributed by atoms with E-state index in [9.17, 15) is 5.11 Å². The van der Waals surface area contributed by atoms with Crippen LogP contribution in [0.15, 0.2) is 48.1 Å². The molecule has 1 N–H and O–H groups in total. The maximum atomic E-state index is 11.1. The van der Waals surface area contributed by atoms with Crippen molar-refractivity contribution in [3.63, 3.8) is 0 Å². The van der Waals surface area contributed by atoms with Gasteiger partial charge in [-0.05, 0) is 74.9 Å². The smallest absolute Gasteiger partial charge is 0.119 e. The summed E-state index contributed by atoms with van der Waals surface area (Å²) < 4.78 is 5.95. The second-order valence-electron chi connectivity index (χ2n) is 9.33. The lowest BCUT2D eigenvalue weighted by Crippen LogP contribution is -2.45. The first-order valence-corrected chi connectivity index (χ1v) is 12.5. The summed E-state index contributed by atoms with van der Waals surface area (Å²) in [5.74, 6) is 0.962. The number of benzene rings is 1. The van der Waals surface area contributed by atoms with Crippen molar-refractivity contribution in [1.29, 1.82) is 0 Å². The predicted octanol–water partition coefficient (Wildman–Crippen LogP) is 4.76. The number of alkyl halides is 1. The van der Waals surface area contributed by atoms with Crippen molar-refractivity contribution in [2.75, 3.05) is 39.3 Å². The van der Waals surface area contributed by atoms with Crippen LogP contribution < -0.4 is 4.74 Å². The summed E-state index contributed by atoms with van der Waals surface area (Å²) in [7, 11) is 0. The van der Waals surface area contributed by atoms with E-state index in [-0.39, 0.29) is 5.38 Å². The number of aliphatic hydroxyl groups is 1. The fraction of sp³-hybridized carbons (Fsp3) is 0.615. The Morgan fingerprint density at radius 2 is 1.74 bits per heavy atom. The molecule has 2 fully saturated rings. The Bertz CT molecular complexity index is 747. The van der Waals surface area contributed by atoms with E-state index >= 15 is 0 Å². The third-order valence-electron chi connectivity index (χ3n) is 6.93. The highest BCUT2D eigenvalue weighted by Gasteiger charge is 2.35. The quantitative estimate of drug-likeness (QED) is 0.463. The van der Waals surface area contributed by atoms with E-state index < -0.39 is 5.60 Å². The number of ether oxygens (including phenoxy) is 1. The third kappa shape index (κ3) is 6.58. The summed E-state index contributed by atoms with van der Waals surface area (Å²) in [6.45, 7) is 7.18. The van der Waals surface area contributed by atoms with Gasteiger partial charge in [0, 0.05) is 26.2 Å². The minimum Gasteiger partial charge on any atom is -0.494 e. The molecule has 2 saturated heterocycles. The largest absolute Gasteiger partial charge is 0.494 e. The highest BCUT2D eigenvalue weighted by Crippen LogP contribution is 2.33. The Morgan fingerprint density at radius 3 is 2.42 bits per heavy atom. The van der Waals surface area contributed by atoms with Gasteiger partial charge in [0.2, 0.25) is 0 Å². The van der Waals surface area contributed by atoms with E-state index in [2.05, 4.69) is 40.1 Å².